The van der Waals surface area contributed by atoms with Gasteiger partial charge in [-0.1, -0.05) is 11.6 Å². The molecule has 0 bridgehead atoms. The molecule has 1 heterocycles. The lowest BCUT2D eigenvalue weighted by Crippen LogP contribution is -2.05. The van der Waals surface area contributed by atoms with Crippen LogP contribution in [0.2, 0.25) is 5.02 Å². The summed E-state index contributed by atoms with van der Waals surface area (Å²) >= 11 is 9.05. The molecular formula is C12H10BrClO4. The highest BCUT2D eigenvalue weighted by Crippen LogP contribution is 2.42. The molecular weight excluding hydrogens is 323 g/mol. The van der Waals surface area contributed by atoms with E-state index < -0.39 is 5.97 Å². The number of hydrogen-bond acceptors (Lipinski definition) is 4. The number of halogens is 2. The largest absolute Gasteiger partial charge is 0.505 e. The first-order valence-electron chi connectivity index (χ1n) is 5.24. The fraction of sp³-hybridized carbons (Fsp3) is 0.250. The third-order valence-electron chi connectivity index (χ3n) is 2.50. The van der Waals surface area contributed by atoms with Gasteiger partial charge in [0, 0.05) is 6.07 Å². The molecule has 0 aliphatic carbocycles. The zero-order valence-corrected chi connectivity index (χ0v) is 12.1. The highest BCUT2D eigenvalue weighted by molar-refractivity contribution is 9.10. The Morgan fingerprint density at radius 1 is 1.61 bits per heavy atom. The number of benzene rings is 1. The van der Waals surface area contributed by atoms with Crippen molar-refractivity contribution in [2.45, 2.75) is 13.8 Å². The fourth-order valence-electron chi connectivity index (χ4n) is 1.74. The van der Waals surface area contributed by atoms with Gasteiger partial charge in [0.15, 0.2) is 0 Å². The summed E-state index contributed by atoms with van der Waals surface area (Å²) in [6, 6.07) is 1.46. The fourth-order valence-corrected chi connectivity index (χ4v) is 2.66. The Hall–Kier alpha value is -1.20. The topological polar surface area (TPSA) is 59.7 Å². The molecule has 4 nitrogen and oxygen atoms in total. The van der Waals surface area contributed by atoms with Gasteiger partial charge in [-0.15, -0.1) is 0 Å². The van der Waals surface area contributed by atoms with E-state index in [4.69, 9.17) is 20.8 Å². The van der Waals surface area contributed by atoms with Gasteiger partial charge in [-0.05, 0) is 29.8 Å². The second-order valence-electron chi connectivity index (χ2n) is 3.65. The number of esters is 1. The summed E-state index contributed by atoms with van der Waals surface area (Å²) in [5.74, 6) is -0.197. The monoisotopic (exact) mass is 332 g/mol. The van der Waals surface area contributed by atoms with Gasteiger partial charge in [-0.2, -0.15) is 0 Å². The molecule has 6 heteroatoms. The molecule has 96 valence electrons. The Kier molecular flexibility index (Phi) is 3.54. The first kappa shape index (κ1) is 13.2. The Bertz CT molecular complexity index is 633. The van der Waals surface area contributed by atoms with Gasteiger partial charge in [0.25, 0.3) is 0 Å². The van der Waals surface area contributed by atoms with Crippen LogP contribution in [0.1, 0.15) is 23.0 Å². The number of aryl methyl sites for hydroxylation is 1. The summed E-state index contributed by atoms with van der Waals surface area (Å²) in [7, 11) is 0. The van der Waals surface area contributed by atoms with Crippen molar-refractivity contribution in [3.63, 3.8) is 0 Å². The van der Waals surface area contributed by atoms with Crippen molar-refractivity contribution in [2.75, 3.05) is 6.61 Å². The summed E-state index contributed by atoms with van der Waals surface area (Å²) in [5, 5.41) is 10.4. The van der Waals surface area contributed by atoms with Crippen molar-refractivity contribution in [3.05, 3.63) is 26.9 Å². The SMILES string of the molecule is CCOC(=O)c1c(C)oc2cc(Cl)c(O)c(Br)c12. The lowest BCUT2D eigenvalue weighted by molar-refractivity contribution is 0.0526. The molecule has 0 fully saturated rings. The molecule has 18 heavy (non-hydrogen) atoms. The van der Waals surface area contributed by atoms with Crippen LogP contribution in [-0.4, -0.2) is 17.7 Å². The quantitative estimate of drug-likeness (QED) is 0.843. The molecule has 0 atom stereocenters. The van der Waals surface area contributed by atoms with Crippen LogP contribution in [0.4, 0.5) is 0 Å². The third kappa shape index (κ3) is 1.97. The molecule has 0 unspecified atom stereocenters. The molecule has 0 saturated heterocycles. The van der Waals surface area contributed by atoms with E-state index in [9.17, 15) is 9.90 Å². The average molecular weight is 334 g/mol. The lowest BCUT2D eigenvalue weighted by atomic mass is 10.1. The molecule has 1 aromatic heterocycles. The van der Waals surface area contributed by atoms with Crippen LogP contribution in [0.5, 0.6) is 5.75 Å². The Labute approximate surface area is 117 Å². The van der Waals surface area contributed by atoms with Crippen molar-refractivity contribution in [1.82, 2.24) is 0 Å². The predicted octanol–water partition coefficient (Wildman–Crippen LogP) is 4.04. The van der Waals surface area contributed by atoms with Crippen molar-refractivity contribution in [2.24, 2.45) is 0 Å². The van der Waals surface area contributed by atoms with Gasteiger partial charge < -0.3 is 14.3 Å². The Morgan fingerprint density at radius 3 is 2.89 bits per heavy atom. The highest BCUT2D eigenvalue weighted by atomic mass is 79.9. The van der Waals surface area contributed by atoms with Gasteiger partial charge in [0.1, 0.15) is 22.7 Å². The van der Waals surface area contributed by atoms with E-state index in [0.29, 0.717) is 26.8 Å². The molecule has 1 N–H and O–H groups in total. The molecule has 0 amide bonds. The summed E-state index contributed by atoms with van der Waals surface area (Å²) in [4.78, 5) is 11.9. The zero-order chi connectivity index (χ0) is 13.4. The minimum Gasteiger partial charge on any atom is -0.505 e. The molecule has 2 aromatic rings. The second-order valence-corrected chi connectivity index (χ2v) is 4.85. The second kappa shape index (κ2) is 4.82. The molecule has 2 rings (SSSR count). The van der Waals surface area contributed by atoms with E-state index in [0.717, 1.165) is 0 Å². The maximum Gasteiger partial charge on any atom is 0.342 e. The number of ether oxygens (including phenoxy) is 1. The van der Waals surface area contributed by atoms with Crippen LogP contribution in [0, 0.1) is 6.92 Å². The van der Waals surface area contributed by atoms with Crippen molar-refractivity contribution in [1.29, 1.82) is 0 Å². The van der Waals surface area contributed by atoms with Gasteiger partial charge in [-0.25, -0.2) is 4.79 Å². The Morgan fingerprint density at radius 2 is 2.28 bits per heavy atom. The average Bonchev–Trinajstić information content (AvgIpc) is 2.63. The maximum atomic E-state index is 11.9. The van der Waals surface area contributed by atoms with Crippen LogP contribution in [-0.2, 0) is 4.74 Å². The maximum absolute atomic E-state index is 11.9. The number of furan rings is 1. The molecule has 0 aliphatic heterocycles. The van der Waals surface area contributed by atoms with E-state index in [1.807, 2.05) is 0 Å². The first-order valence-corrected chi connectivity index (χ1v) is 6.41. The van der Waals surface area contributed by atoms with E-state index in [1.54, 1.807) is 13.8 Å². The van der Waals surface area contributed by atoms with Crippen LogP contribution in [0.15, 0.2) is 15.0 Å². The number of aromatic hydroxyl groups is 1. The number of phenols is 1. The summed E-state index contributed by atoms with van der Waals surface area (Å²) in [6.07, 6.45) is 0. The molecule has 1 aromatic carbocycles. The van der Waals surface area contributed by atoms with Crippen molar-refractivity contribution in [3.8, 4) is 5.75 Å². The lowest BCUT2D eigenvalue weighted by Gasteiger charge is -2.03. The van der Waals surface area contributed by atoms with Crippen molar-refractivity contribution >= 4 is 44.5 Å². The molecule has 0 radical (unpaired) electrons. The molecule has 0 saturated carbocycles. The van der Waals surface area contributed by atoms with E-state index in [2.05, 4.69) is 15.9 Å². The van der Waals surface area contributed by atoms with Crippen LogP contribution in [0.25, 0.3) is 11.0 Å². The third-order valence-corrected chi connectivity index (χ3v) is 3.56. The highest BCUT2D eigenvalue weighted by Gasteiger charge is 2.24. The minimum absolute atomic E-state index is 0.129. The predicted molar refractivity (Wildman–Crippen MR) is 71.3 cm³/mol. The van der Waals surface area contributed by atoms with Crippen LogP contribution >= 0.6 is 27.5 Å². The van der Waals surface area contributed by atoms with Gasteiger partial charge in [-0.3, -0.25) is 0 Å². The van der Waals surface area contributed by atoms with Crippen LogP contribution < -0.4 is 0 Å². The normalized spacial score (nSPS) is 10.9. The number of hydrogen-bond donors (Lipinski definition) is 1. The van der Waals surface area contributed by atoms with Gasteiger partial charge >= 0.3 is 5.97 Å². The first-order chi connectivity index (χ1) is 8.47. The number of carbonyl (C=O) groups excluding carboxylic acids is 1. The summed E-state index contributed by atoms with van der Waals surface area (Å²) in [5.41, 5.74) is 0.718. The minimum atomic E-state index is -0.490. The smallest absolute Gasteiger partial charge is 0.342 e. The van der Waals surface area contributed by atoms with Gasteiger partial charge in [0.05, 0.1) is 21.5 Å². The molecule has 0 spiro atoms. The molecule has 0 aliphatic rings. The van der Waals surface area contributed by atoms with E-state index in [1.165, 1.54) is 6.07 Å². The standard InChI is InChI=1S/C12H10BrClO4/c1-3-17-12(16)8-5(2)18-7-4-6(14)11(15)10(13)9(7)8/h4,15H,3H2,1-2H3. The van der Waals surface area contributed by atoms with Crippen LogP contribution in [0.3, 0.4) is 0 Å². The number of rotatable bonds is 2. The Balaban J connectivity index is 2.78. The number of phenolic OH excluding ortho intramolecular Hbond substituents is 1. The van der Waals surface area contributed by atoms with Crippen molar-refractivity contribution < 1.29 is 19.1 Å². The van der Waals surface area contributed by atoms with E-state index >= 15 is 0 Å². The summed E-state index contributed by atoms with van der Waals surface area (Å²) < 4.78 is 10.7. The number of carbonyl (C=O) groups is 1. The van der Waals surface area contributed by atoms with E-state index in [-0.39, 0.29) is 17.4 Å². The zero-order valence-electron chi connectivity index (χ0n) is 9.71. The summed E-state index contributed by atoms with van der Waals surface area (Å²) in [6.45, 7) is 3.64. The van der Waals surface area contributed by atoms with Gasteiger partial charge in [0.2, 0.25) is 0 Å². The number of fused-ring (bicyclic) bond motifs is 1.